The summed E-state index contributed by atoms with van der Waals surface area (Å²) in [4.78, 5) is 6.74. The van der Waals surface area contributed by atoms with Crippen LogP contribution in [0.4, 0.5) is 0 Å². The van der Waals surface area contributed by atoms with Crippen LogP contribution in [0.2, 0.25) is 0 Å². The SMILES string of the molecule is CNC(CCCN1CCNCC1)c1cccnc1. The van der Waals surface area contributed by atoms with Gasteiger partial charge in [0.2, 0.25) is 0 Å². The van der Waals surface area contributed by atoms with Crippen LogP contribution in [-0.2, 0) is 0 Å². The Balaban J connectivity index is 1.73. The largest absolute Gasteiger partial charge is 0.314 e. The Bertz CT molecular complexity index is 322. The van der Waals surface area contributed by atoms with Crippen LogP contribution in [0.5, 0.6) is 0 Å². The molecule has 18 heavy (non-hydrogen) atoms. The summed E-state index contributed by atoms with van der Waals surface area (Å²) in [6.07, 6.45) is 6.20. The van der Waals surface area contributed by atoms with Crippen LogP contribution in [-0.4, -0.2) is 49.7 Å². The van der Waals surface area contributed by atoms with Gasteiger partial charge in [-0.15, -0.1) is 0 Å². The fourth-order valence-electron chi connectivity index (χ4n) is 2.51. The monoisotopic (exact) mass is 248 g/mol. The van der Waals surface area contributed by atoms with Crippen molar-refractivity contribution in [2.24, 2.45) is 0 Å². The van der Waals surface area contributed by atoms with Crippen molar-refractivity contribution in [2.75, 3.05) is 39.8 Å². The van der Waals surface area contributed by atoms with Crippen LogP contribution >= 0.6 is 0 Å². The normalized spacial score (nSPS) is 18.7. The minimum Gasteiger partial charge on any atom is -0.314 e. The number of pyridine rings is 1. The number of nitrogens with zero attached hydrogens (tertiary/aromatic N) is 2. The van der Waals surface area contributed by atoms with E-state index in [9.17, 15) is 0 Å². The van der Waals surface area contributed by atoms with Gasteiger partial charge in [-0.05, 0) is 38.1 Å². The van der Waals surface area contributed by atoms with Gasteiger partial charge < -0.3 is 15.5 Å². The molecular weight excluding hydrogens is 224 g/mol. The summed E-state index contributed by atoms with van der Waals surface area (Å²) in [5.41, 5.74) is 1.29. The van der Waals surface area contributed by atoms with Gasteiger partial charge in [0, 0.05) is 44.6 Å². The molecule has 1 aliphatic rings. The fourth-order valence-corrected chi connectivity index (χ4v) is 2.51. The van der Waals surface area contributed by atoms with Gasteiger partial charge in [0.05, 0.1) is 0 Å². The second kappa shape index (κ2) is 7.46. The molecule has 0 aromatic carbocycles. The number of hydrogen-bond donors (Lipinski definition) is 2. The smallest absolute Gasteiger partial charge is 0.0333 e. The highest BCUT2D eigenvalue weighted by molar-refractivity contribution is 5.13. The van der Waals surface area contributed by atoms with E-state index < -0.39 is 0 Å². The van der Waals surface area contributed by atoms with Gasteiger partial charge in [0.15, 0.2) is 0 Å². The lowest BCUT2D eigenvalue weighted by Crippen LogP contribution is -2.43. The summed E-state index contributed by atoms with van der Waals surface area (Å²) in [5, 5.41) is 6.77. The summed E-state index contributed by atoms with van der Waals surface area (Å²) >= 11 is 0. The van der Waals surface area contributed by atoms with Crippen LogP contribution in [0.1, 0.15) is 24.4 Å². The van der Waals surface area contributed by atoms with Crippen molar-refractivity contribution >= 4 is 0 Å². The summed E-state index contributed by atoms with van der Waals surface area (Å²) in [6.45, 7) is 5.87. The molecule has 100 valence electrons. The average molecular weight is 248 g/mol. The van der Waals surface area contributed by atoms with E-state index in [1.807, 2.05) is 25.5 Å². The molecule has 1 saturated heterocycles. The number of nitrogens with one attached hydrogen (secondary N) is 2. The van der Waals surface area contributed by atoms with Crippen LogP contribution < -0.4 is 10.6 Å². The van der Waals surface area contributed by atoms with Crippen LogP contribution in [0.3, 0.4) is 0 Å². The highest BCUT2D eigenvalue weighted by Crippen LogP contribution is 2.17. The summed E-state index contributed by atoms with van der Waals surface area (Å²) < 4.78 is 0. The number of aromatic nitrogens is 1. The molecule has 1 aromatic heterocycles. The fraction of sp³-hybridized carbons (Fsp3) is 0.643. The number of rotatable bonds is 6. The van der Waals surface area contributed by atoms with Gasteiger partial charge in [-0.1, -0.05) is 6.07 Å². The third-order valence-corrected chi connectivity index (χ3v) is 3.61. The highest BCUT2D eigenvalue weighted by atomic mass is 15.2. The van der Waals surface area contributed by atoms with Crippen molar-refractivity contribution in [3.05, 3.63) is 30.1 Å². The second-order valence-corrected chi connectivity index (χ2v) is 4.86. The van der Waals surface area contributed by atoms with Crippen LogP contribution in [0.25, 0.3) is 0 Å². The van der Waals surface area contributed by atoms with Crippen LogP contribution in [0.15, 0.2) is 24.5 Å². The molecule has 1 unspecified atom stereocenters. The molecule has 0 spiro atoms. The van der Waals surface area contributed by atoms with Gasteiger partial charge >= 0.3 is 0 Å². The first-order chi connectivity index (χ1) is 8.90. The first-order valence-corrected chi connectivity index (χ1v) is 6.90. The quantitative estimate of drug-likeness (QED) is 0.789. The maximum Gasteiger partial charge on any atom is 0.0333 e. The van der Waals surface area contributed by atoms with Crippen LogP contribution in [0, 0.1) is 0 Å². The lowest BCUT2D eigenvalue weighted by atomic mass is 10.0. The van der Waals surface area contributed by atoms with Crippen molar-refractivity contribution in [1.29, 1.82) is 0 Å². The van der Waals surface area contributed by atoms with Gasteiger partial charge in [0.25, 0.3) is 0 Å². The molecule has 0 bridgehead atoms. The Kier molecular flexibility index (Phi) is 5.58. The third-order valence-electron chi connectivity index (χ3n) is 3.61. The van der Waals surface area contributed by atoms with Gasteiger partial charge in [-0.2, -0.15) is 0 Å². The standard InChI is InChI=1S/C14H24N4/c1-15-14(13-4-2-6-17-12-13)5-3-9-18-10-7-16-8-11-18/h2,4,6,12,14-16H,3,5,7-11H2,1H3. The molecule has 1 aromatic rings. The second-order valence-electron chi connectivity index (χ2n) is 4.86. The zero-order chi connectivity index (χ0) is 12.6. The molecule has 1 aliphatic heterocycles. The van der Waals surface area contributed by atoms with E-state index in [1.165, 1.54) is 38.0 Å². The van der Waals surface area contributed by atoms with E-state index in [2.05, 4.69) is 26.6 Å². The number of piperazine rings is 1. The molecule has 1 atom stereocenters. The van der Waals surface area contributed by atoms with E-state index in [1.54, 1.807) is 0 Å². The van der Waals surface area contributed by atoms with E-state index in [0.717, 1.165) is 13.1 Å². The minimum atomic E-state index is 0.432. The lowest BCUT2D eigenvalue weighted by Gasteiger charge is -2.27. The van der Waals surface area contributed by atoms with E-state index >= 15 is 0 Å². The Morgan fingerprint density at radius 2 is 2.28 bits per heavy atom. The van der Waals surface area contributed by atoms with Crippen molar-refractivity contribution in [2.45, 2.75) is 18.9 Å². The molecule has 0 aliphatic carbocycles. The maximum absolute atomic E-state index is 4.19. The van der Waals surface area contributed by atoms with Gasteiger partial charge in [0.1, 0.15) is 0 Å². The summed E-state index contributed by atoms with van der Waals surface area (Å²) in [7, 11) is 2.03. The molecule has 1 fully saturated rings. The molecule has 4 nitrogen and oxygen atoms in total. The Morgan fingerprint density at radius 1 is 1.44 bits per heavy atom. The Morgan fingerprint density at radius 3 is 2.94 bits per heavy atom. The van der Waals surface area contributed by atoms with E-state index in [-0.39, 0.29) is 0 Å². The average Bonchev–Trinajstić information content (AvgIpc) is 2.46. The predicted octanol–water partition coefficient (Wildman–Crippen LogP) is 1.03. The third kappa shape index (κ3) is 4.05. The topological polar surface area (TPSA) is 40.2 Å². The van der Waals surface area contributed by atoms with Gasteiger partial charge in [-0.3, -0.25) is 4.98 Å². The van der Waals surface area contributed by atoms with Crippen molar-refractivity contribution in [1.82, 2.24) is 20.5 Å². The minimum absolute atomic E-state index is 0.432. The van der Waals surface area contributed by atoms with E-state index in [0.29, 0.717) is 6.04 Å². The Labute approximate surface area is 110 Å². The highest BCUT2D eigenvalue weighted by Gasteiger charge is 2.12. The van der Waals surface area contributed by atoms with Crippen molar-refractivity contribution < 1.29 is 0 Å². The maximum atomic E-state index is 4.19. The van der Waals surface area contributed by atoms with E-state index in [4.69, 9.17) is 0 Å². The molecule has 2 heterocycles. The molecule has 4 heteroatoms. The first-order valence-electron chi connectivity index (χ1n) is 6.90. The predicted molar refractivity (Wildman–Crippen MR) is 74.6 cm³/mol. The molecular formula is C14H24N4. The zero-order valence-electron chi connectivity index (χ0n) is 11.2. The molecule has 2 N–H and O–H groups in total. The first kappa shape index (κ1) is 13.5. The molecule has 2 rings (SSSR count). The lowest BCUT2D eigenvalue weighted by molar-refractivity contribution is 0.233. The zero-order valence-corrected chi connectivity index (χ0v) is 11.2. The summed E-state index contributed by atoms with van der Waals surface area (Å²) in [6, 6.07) is 4.59. The summed E-state index contributed by atoms with van der Waals surface area (Å²) in [5.74, 6) is 0. The Hall–Kier alpha value is -0.970. The molecule has 0 saturated carbocycles. The van der Waals surface area contributed by atoms with Gasteiger partial charge in [-0.25, -0.2) is 0 Å². The number of hydrogen-bond acceptors (Lipinski definition) is 4. The molecule has 0 amide bonds. The molecule has 0 radical (unpaired) electrons. The van der Waals surface area contributed by atoms with Crippen molar-refractivity contribution in [3.63, 3.8) is 0 Å². The van der Waals surface area contributed by atoms with Crippen molar-refractivity contribution in [3.8, 4) is 0 Å².